The third-order valence-corrected chi connectivity index (χ3v) is 20.3. The molecular weight excluding hydrogens is 1270 g/mol. The van der Waals surface area contributed by atoms with Crippen LogP contribution in [0.3, 0.4) is 0 Å². The molecule has 0 radical (unpaired) electrons. The molecule has 0 saturated carbocycles. The van der Waals surface area contributed by atoms with Crippen LogP contribution in [-0.4, -0.2) is 96.7 Å². The minimum Gasteiger partial charge on any atom is -0.462 e. The van der Waals surface area contributed by atoms with Crippen molar-refractivity contribution in [3.8, 4) is 0 Å². The second-order valence-electron chi connectivity index (χ2n) is 29.8. The first-order valence-electron chi connectivity index (χ1n) is 40.2. The SMILES string of the molecule is CCC(C)CCCCCCCCCCCCCCCCC(=O)O[C@H](COC(=O)CCCCCCCCC(C)C)COP(=O)(O)OC[C@H](O)COP(=O)(O)OC[C@@H](COC(=O)CCCCCCCCCCCCC(C)C)OC(=O)CCCCCCCCCCCCCCCCC(C)C. The van der Waals surface area contributed by atoms with Crippen molar-refractivity contribution in [2.45, 2.75) is 414 Å². The Balaban J connectivity index is 5.22. The summed E-state index contributed by atoms with van der Waals surface area (Å²) < 4.78 is 68.6. The molecule has 0 aliphatic carbocycles. The zero-order valence-corrected chi connectivity index (χ0v) is 65.5. The van der Waals surface area contributed by atoms with Gasteiger partial charge in [-0.3, -0.25) is 37.3 Å². The number of carbonyl (C=O) groups excluding carboxylic acids is 4. The summed E-state index contributed by atoms with van der Waals surface area (Å²) in [5.41, 5.74) is 0. The van der Waals surface area contributed by atoms with Crippen LogP contribution in [0, 0.1) is 23.7 Å². The molecule has 0 spiro atoms. The molecular formula is C78H152O17P2. The van der Waals surface area contributed by atoms with Crippen molar-refractivity contribution in [3.05, 3.63) is 0 Å². The highest BCUT2D eigenvalue weighted by molar-refractivity contribution is 7.47. The molecule has 97 heavy (non-hydrogen) atoms. The Morgan fingerprint density at radius 1 is 0.289 bits per heavy atom. The Kier molecular flexibility index (Phi) is 65.9. The lowest BCUT2D eigenvalue weighted by Crippen LogP contribution is -2.30. The molecule has 0 aromatic rings. The van der Waals surface area contributed by atoms with E-state index in [2.05, 4.69) is 55.4 Å². The molecule has 3 unspecified atom stereocenters. The quantitative estimate of drug-likeness (QED) is 0.0222. The summed E-state index contributed by atoms with van der Waals surface area (Å²) in [6, 6.07) is 0. The van der Waals surface area contributed by atoms with E-state index in [4.69, 9.17) is 37.0 Å². The summed E-state index contributed by atoms with van der Waals surface area (Å²) in [6.07, 6.45) is 52.8. The van der Waals surface area contributed by atoms with E-state index in [1.54, 1.807) is 0 Å². The van der Waals surface area contributed by atoms with Crippen LogP contribution in [0.15, 0.2) is 0 Å². The predicted octanol–water partition coefficient (Wildman–Crippen LogP) is 22.8. The Bertz CT molecular complexity index is 1900. The van der Waals surface area contributed by atoms with E-state index in [1.807, 2.05) is 0 Å². The Morgan fingerprint density at radius 2 is 0.495 bits per heavy atom. The minimum absolute atomic E-state index is 0.106. The van der Waals surface area contributed by atoms with E-state index in [0.29, 0.717) is 31.6 Å². The fourth-order valence-electron chi connectivity index (χ4n) is 11.9. The van der Waals surface area contributed by atoms with Crippen LogP contribution in [0.2, 0.25) is 0 Å². The molecule has 0 aromatic carbocycles. The Labute approximate surface area is 594 Å². The van der Waals surface area contributed by atoms with E-state index in [-0.39, 0.29) is 25.7 Å². The number of unbranched alkanes of at least 4 members (excludes halogenated alkanes) is 40. The van der Waals surface area contributed by atoms with E-state index in [9.17, 15) is 43.2 Å². The van der Waals surface area contributed by atoms with Gasteiger partial charge in [0.05, 0.1) is 26.4 Å². The molecule has 3 N–H and O–H groups in total. The summed E-state index contributed by atoms with van der Waals surface area (Å²) in [6.45, 7) is 14.2. The first-order chi connectivity index (χ1) is 46.6. The van der Waals surface area contributed by atoms with Crippen LogP contribution in [0.25, 0.3) is 0 Å². The summed E-state index contributed by atoms with van der Waals surface area (Å²) in [4.78, 5) is 72.9. The first kappa shape index (κ1) is 95.1. The number of phosphoric acid groups is 2. The number of aliphatic hydroxyl groups excluding tert-OH is 1. The number of phosphoric ester groups is 2. The monoisotopic (exact) mass is 1420 g/mol. The van der Waals surface area contributed by atoms with Gasteiger partial charge in [-0.25, -0.2) is 9.13 Å². The number of esters is 4. The van der Waals surface area contributed by atoms with E-state index in [1.165, 1.54) is 193 Å². The number of rotatable bonds is 75. The van der Waals surface area contributed by atoms with Gasteiger partial charge >= 0.3 is 39.5 Å². The molecule has 0 bridgehead atoms. The summed E-state index contributed by atoms with van der Waals surface area (Å²) in [5, 5.41) is 10.6. The normalized spacial score (nSPS) is 14.4. The molecule has 17 nitrogen and oxygen atoms in total. The van der Waals surface area contributed by atoms with Gasteiger partial charge in [-0.1, -0.05) is 344 Å². The molecule has 576 valence electrons. The maximum absolute atomic E-state index is 13.1. The fourth-order valence-corrected chi connectivity index (χ4v) is 13.5. The number of carbonyl (C=O) groups is 4. The maximum atomic E-state index is 13.1. The van der Waals surface area contributed by atoms with Gasteiger partial charge in [0.2, 0.25) is 0 Å². The predicted molar refractivity (Wildman–Crippen MR) is 395 cm³/mol. The minimum atomic E-state index is -4.96. The smallest absolute Gasteiger partial charge is 0.462 e. The zero-order chi connectivity index (χ0) is 71.7. The van der Waals surface area contributed by atoms with Crippen molar-refractivity contribution in [2.24, 2.45) is 23.7 Å². The standard InChI is InChI=1S/C78H152O17P2/c1-9-71(8)57-49-41-32-26-19-15-11-13-17-21-29-35-45-53-61-78(83)95-74(65-89-76(81)59-51-43-37-36-40-48-56-70(6)7)67-93-97(86,87)91-63-72(79)62-90-96(84,85)92-66-73(64-88-75(80)58-50-42-33-27-23-22-25-31-39-47-55-69(4)5)94-77(82)60-52-44-34-28-20-16-12-10-14-18-24-30-38-46-54-68(2)3/h68-74,79H,9-67H2,1-8H3,(H,84,85)(H,86,87)/t71?,72-,73-,74-/m1/s1. The van der Waals surface area contributed by atoms with Gasteiger partial charge in [-0.15, -0.1) is 0 Å². The molecule has 0 aromatic heterocycles. The van der Waals surface area contributed by atoms with Gasteiger partial charge in [0.1, 0.15) is 19.3 Å². The molecule has 0 aliphatic heterocycles. The molecule has 0 rings (SSSR count). The molecule has 0 saturated heterocycles. The van der Waals surface area contributed by atoms with Crippen molar-refractivity contribution in [2.75, 3.05) is 39.6 Å². The van der Waals surface area contributed by atoms with Crippen LogP contribution in [0.1, 0.15) is 396 Å². The van der Waals surface area contributed by atoms with Crippen molar-refractivity contribution in [1.82, 2.24) is 0 Å². The average Bonchev–Trinajstić information content (AvgIpc) is 3.11. The third kappa shape index (κ3) is 70.9. The second kappa shape index (κ2) is 67.2. The van der Waals surface area contributed by atoms with Crippen molar-refractivity contribution < 1.29 is 80.2 Å². The molecule has 19 heteroatoms. The maximum Gasteiger partial charge on any atom is 0.472 e. The molecule has 0 aliphatic rings. The zero-order valence-electron chi connectivity index (χ0n) is 63.7. The highest BCUT2D eigenvalue weighted by atomic mass is 31.2. The lowest BCUT2D eigenvalue weighted by Gasteiger charge is -2.21. The Morgan fingerprint density at radius 3 is 0.732 bits per heavy atom. The van der Waals surface area contributed by atoms with Gasteiger partial charge in [0.15, 0.2) is 12.2 Å². The number of aliphatic hydroxyl groups is 1. The van der Waals surface area contributed by atoms with Crippen LogP contribution in [0.4, 0.5) is 0 Å². The highest BCUT2D eigenvalue weighted by Gasteiger charge is 2.30. The van der Waals surface area contributed by atoms with Crippen molar-refractivity contribution >= 4 is 39.5 Å². The van der Waals surface area contributed by atoms with E-state index in [0.717, 1.165) is 114 Å². The summed E-state index contributed by atoms with van der Waals surface area (Å²) in [7, 11) is -9.92. The summed E-state index contributed by atoms with van der Waals surface area (Å²) in [5.74, 6) is 0.959. The first-order valence-corrected chi connectivity index (χ1v) is 43.2. The van der Waals surface area contributed by atoms with Crippen LogP contribution >= 0.6 is 15.6 Å². The van der Waals surface area contributed by atoms with Crippen LogP contribution in [-0.2, 0) is 65.4 Å². The van der Waals surface area contributed by atoms with Crippen LogP contribution in [0.5, 0.6) is 0 Å². The molecule has 0 heterocycles. The van der Waals surface area contributed by atoms with E-state index < -0.39 is 97.5 Å². The van der Waals surface area contributed by atoms with Gasteiger partial charge in [0, 0.05) is 25.7 Å². The second-order valence-corrected chi connectivity index (χ2v) is 32.7. The average molecular weight is 1420 g/mol. The largest absolute Gasteiger partial charge is 0.472 e. The van der Waals surface area contributed by atoms with Crippen molar-refractivity contribution in [1.29, 1.82) is 0 Å². The van der Waals surface area contributed by atoms with Crippen molar-refractivity contribution in [3.63, 3.8) is 0 Å². The fraction of sp³-hybridized carbons (Fsp3) is 0.949. The van der Waals surface area contributed by atoms with Gasteiger partial charge < -0.3 is 33.8 Å². The number of hydrogen-bond donors (Lipinski definition) is 3. The summed E-state index contributed by atoms with van der Waals surface area (Å²) >= 11 is 0. The lowest BCUT2D eigenvalue weighted by atomic mass is 9.99. The molecule has 6 atom stereocenters. The van der Waals surface area contributed by atoms with Gasteiger partial charge in [-0.05, 0) is 49.4 Å². The topological polar surface area (TPSA) is 237 Å². The van der Waals surface area contributed by atoms with E-state index >= 15 is 0 Å². The molecule has 0 amide bonds. The lowest BCUT2D eigenvalue weighted by molar-refractivity contribution is -0.161. The highest BCUT2D eigenvalue weighted by Crippen LogP contribution is 2.45. The van der Waals surface area contributed by atoms with Gasteiger partial charge in [0.25, 0.3) is 0 Å². The number of hydrogen-bond acceptors (Lipinski definition) is 15. The van der Waals surface area contributed by atoms with Crippen LogP contribution < -0.4 is 0 Å². The Hall–Kier alpha value is -1.94. The number of ether oxygens (including phenoxy) is 4. The van der Waals surface area contributed by atoms with Gasteiger partial charge in [-0.2, -0.15) is 0 Å². The molecule has 0 fully saturated rings. The third-order valence-electron chi connectivity index (χ3n) is 18.4.